The van der Waals surface area contributed by atoms with Gasteiger partial charge in [0, 0.05) is 25.8 Å². The van der Waals surface area contributed by atoms with Crippen molar-refractivity contribution in [3.63, 3.8) is 0 Å². The molecule has 1 atom stereocenters. The summed E-state index contributed by atoms with van der Waals surface area (Å²) in [6.07, 6.45) is 4.92. The van der Waals surface area contributed by atoms with Gasteiger partial charge in [-0.25, -0.2) is 14.4 Å². The molecule has 1 aromatic carbocycles. The highest BCUT2D eigenvalue weighted by atomic mass is 19.1. The van der Waals surface area contributed by atoms with Crippen molar-refractivity contribution in [1.29, 1.82) is 0 Å². The summed E-state index contributed by atoms with van der Waals surface area (Å²) in [5.74, 6) is 1.15. The summed E-state index contributed by atoms with van der Waals surface area (Å²) in [7, 11) is 0. The molecule has 0 spiro atoms. The Balaban J connectivity index is 1.67. The predicted octanol–water partition coefficient (Wildman–Crippen LogP) is 4.01. The van der Waals surface area contributed by atoms with E-state index in [0.29, 0.717) is 31.0 Å². The minimum atomic E-state index is -0.270. The van der Waals surface area contributed by atoms with Crippen LogP contribution in [0.2, 0.25) is 0 Å². The molecule has 0 aliphatic carbocycles. The maximum absolute atomic E-state index is 13.0. The maximum Gasteiger partial charge on any atom is 0.257 e. The van der Waals surface area contributed by atoms with E-state index in [1.54, 1.807) is 23.2 Å². The molecule has 1 aliphatic heterocycles. The standard InChI is InChI=1S/C23H31FN4O2/c1-4-27(5-2)23(29)20-16-25-22(26-17(20)3)21-8-6-7-13-28(21)14-15-30-19-11-9-18(24)10-12-19/h9-12,16,21H,4-8,13-15H2,1-3H3/t21-/m0/s1. The van der Waals surface area contributed by atoms with Gasteiger partial charge in [0.05, 0.1) is 17.3 Å². The second kappa shape index (κ2) is 10.5. The van der Waals surface area contributed by atoms with E-state index in [2.05, 4.69) is 9.88 Å². The maximum atomic E-state index is 13.0. The Hall–Kier alpha value is -2.54. The first-order chi connectivity index (χ1) is 14.5. The molecule has 2 heterocycles. The van der Waals surface area contributed by atoms with Gasteiger partial charge in [0.1, 0.15) is 24.0 Å². The zero-order valence-corrected chi connectivity index (χ0v) is 18.1. The van der Waals surface area contributed by atoms with Crippen LogP contribution in [0.4, 0.5) is 4.39 Å². The highest BCUT2D eigenvalue weighted by Crippen LogP contribution is 2.29. The number of amides is 1. The SMILES string of the molecule is CCN(CC)C(=O)c1cnc([C@@H]2CCCCN2CCOc2ccc(F)cc2)nc1C. The van der Waals surface area contributed by atoms with E-state index in [9.17, 15) is 9.18 Å². The van der Waals surface area contributed by atoms with Crippen LogP contribution in [0.15, 0.2) is 30.5 Å². The monoisotopic (exact) mass is 414 g/mol. The number of likely N-dealkylation sites (tertiary alicyclic amines) is 1. The normalized spacial score (nSPS) is 17.0. The van der Waals surface area contributed by atoms with Crippen molar-refractivity contribution in [3.05, 3.63) is 53.4 Å². The van der Waals surface area contributed by atoms with Crippen LogP contribution in [0.3, 0.4) is 0 Å². The lowest BCUT2D eigenvalue weighted by molar-refractivity contribution is 0.0770. The number of halogens is 1. The third-order valence-electron chi connectivity index (χ3n) is 5.65. The van der Waals surface area contributed by atoms with Crippen molar-refractivity contribution < 1.29 is 13.9 Å². The van der Waals surface area contributed by atoms with Crippen LogP contribution in [0.5, 0.6) is 5.75 Å². The minimum Gasteiger partial charge on any atom is -0.492 e. The largest absolute Gasteiger partial charge is 0.492 e. The number of benzene rings is 1. The summed E-state index contributed by atoms with van der Waals surface area (Å²) in [5.41, 5.74) is 1.30. The Bertz CT molecular complexity index is 840. The van der Waals surface area contributed by atoms with E-state index in [1.165, 1.54) is 12.1 Å². The number of aromatic nitrogens is 2. The molecule has 1 saturated heterocycles. The molecule has 7 heteroatoms. The van der Waals surface area contributed by atoms with Crippen LogP contribution >= 0.6 is 0 Å². The number of hydrogen-bond acceptors (Lipinski definition) is 5. The van der Waals surface area contributed by atoms with E-state index < -0.39 is 0 Å². The van der Waals surface area contributed by atoms with Crippen LogP contribution in [0.25, 0.3) is 0 Å². The summed E-state index contributed by atoms with van der Waals surface area (Å²) in [6, 6.07) is 6.20. The van der Waals surface area contributed by atoms with Gasteiger partial charge in [-0.3, -0.25) is 9.69 Å². The summed E-state index contributed by atoms with van der Waals surface area (Å²) in [4.78, 5) is 26.1. The fourth-order valence-corrected chi connectivity index (χ4v) is 3.90. The van der Waals surface area contributed by atoms with E-state index in [1.807, 2.05) is 20.8 Å². The molecule has 1 amide bonds. The Morgan fingerprint density at radius 3 is 2.63 bits per heavy atom. The highest BCUT2D eigenvalue weighted by molar-refractivity contribution is 5.94. The molecule has 0 saturated carbocycles. The number of ether oxygens (including phenoxy) is 1. The molecule has 3 rings (SSSR count). The molecule has 6 nitrogen and oxygen atoms in total. The first-order valence-electron chi connectivity index (χ1n) is 10.8. The van der Waals surface area contributed by atoms with Crippen molar-refractivity contribution in [3.8, 4) is 5.75 Å². The molecule has 0 radical (unpaired) electrons. The number of carbonyl (C=O) groups is 1. The first kappa shape index (κ1) is 22.2. The second-order valence-electron chi connectivity index (χ2n) is 7.55. The van der Waals surface area contributed by atoms with E-state index in [0.717, 1.165) is 43.9 Å². The average molecular weight is 415 g/mol. The minimum absolute atomic E-state index is 0.0164. The highest BCUT2D eigenvalue weighted by Gasteiger charge is 2.27. The van der Waals surface area contributed by atoms with Crippen molar-refractivity contribution in [1.82, 2.24) is 19.8 Å². The molecule has 30 heavy (non-hydrogen) atoms. The predicted molar refractivity (Wildman–Crippen MR) is 114 cm³/mol. The number of aryl methyl sites for hydroxylation is 1. The van der Waals surface area contributed by atoms with Crippen molar-refractivity contribution >= 4 is 5.91 Å². The van der Waals surface area contributed by atoms with Gasteiger partial charge in [-0.2, -0.15) is 0 Å². The van der Waals surface area contributed by atoms with Crippen LogP contribution < -0.4 is 4.74 Å². The molecule has 0 bridgehead atoms. The van der Waals surface area contributed by atoms with Gasteiger partial charge in [0.25, 0.3) is 5.91 Å². The number of hydrogen-bond donors (Lipinski definition) is 0. The van der Waals surface area contributed by atoms with Gasteiger partial charge in [-0.05, 0) is 64.4 Å². The van der Waals surface area contributed by atoms with E-state index in [-0.39, 0.29) is 17.8 Å². The van der Waals surface area contributed by atoms with Crippen molar-refractivity contribution in [2.24, 2.45) is 0 Å². The molecule has 2 aromatic rings. The number of nitrogens with zero attached hydrogens (tertiary/aromatic N) is 4. The smallest absolute Gasteiger partial charge is 0.257 e. The molecule has 0 unspecified atom stereocenters. The number of carbonyl (C=O) groups excluding carboxylic acids is 1. The fourth-order valence-electron chi connectivity index (χ4n) is 3.90. The Kier molecular flexibility index (Phi) is 7.74. The molecular weight excluding hydrogens is 383 g/mol. The summed E-state index contributed by atoms with van der Waals surface area (Å²) in [5, 5.41) is 0. The van der Waals surface area contributed by atoms with E-state index in [4.69, 9.17) is 9.72 Å². The third kappa shape index (κ3) is 5.33. The molecule has 162 valence electrons. The van der Waals surface area contributed by atoms with Gasteiger partial charge < -0.3 is 9.64 Å². The summed E-state index contributed by atoms with van der Waals surface area (Å²) >= 11 is 0. The van der Waals surface area contributed by atoms with Gasteiger partial charge in [-0.15, -0.1) is 0 Å². The third-order valence-corrected chi connectivity index (χ3v) is 5.65. The summed E-state index contributed by atoms with van der Waals surface area (Å²) < 4.78 is 18.8. The number of rotatable bonds is 8. The van der Waals surface area contributed by atoms with Gasteiger partial charge in [-0.1, -0.05) is 6.42 Å². The quantitative estimate of drug-likeness (QED) is 0.653. The summed E-state index contributed by atoms with van der Waals surface area (Å²) in [6.45, 7) is 9.37. The van der Waals surface area contributed by atoms with Gasteiger partial charge >= 0.3 is 0 Å². The number of piperidine rings is 1. The van der Waals surface area contributed by atoms with Crippen LogP contribution in [-0.4, -0.2) is 58.5 Å². The molecule has 0 N–H and O–H groups in total. The fraction of sp³-hybridized carbons (Fsp3) is 0.522. The van der Waals surface area contributed by atoms with E-state index >= 15 is 0 Å². The Morgan fingerprint density at radius 1 is 1.23 bits per heavy atom. The Labute approximate surface area is 178 Å². The lowest BCUT2D eigenvalue weighted by atomic mass is 10.0. The molecule has 1 fully saturated rings. The lowest BCUT2D eigenvalue weighted by Crippen LogP contribution is -2.37. The van der Waals surface area contributed by atoms with Crippen LogP contribution in [-0.2, 0) is 0 Å². The van der Waals surface area contributed by atoms with Crippen LogP contribution in [0.1, 0.15) is 61.0 Å². The van der Waals surface area contributed by atoms with Gasteiger partial charge in [0.2, 0.25) is 0 Å². The zero-order valence-electron chi connectivity index (χ0n) is 18.1. The van der Waals surface area contributed by atoms with Gasteiger partial charge in [0.15, 0.2) is 0 Å². The molecular formula is C23H31FN4O2. The Morgan fingerprint density at radius 2 is 1.97 bits per heavy atom. The first-order valence-corrected chi connectivity index (χ1v) is 10.8. The molecule has 1 aliphatic rings. The topological polar surface area (TPSA) is 58.6 Å². The van der Waals surface area contributed by atoms with Crippen LogP contribution in [0, 0.1) is 12.7 Å². The average Bonchev–Trinajstić information content (AvgIpc) is 2.76. The van der Waals surface area contributed by atoms with Crippen molar-refractivity contribution in [2.75, 3.05) is 32.8 Å². The lowest BCUT2D eigenvalue weighted by Gasteiger charge is -2.34. The second-order valence-corrected chi connectivity index (χ2v) is 7.55. The van der Waals surface area contributed by atoms with Crippen molar-refractivity contribution in [2.45, 2.75) is 46.1 Å². The molecule has 1 aromatic heterocycles. The zero-order chi connectivity index (χ0) is 21.5.